The topological polar surface area (TPSA) is 76.0 Å². The number of thiophene rings is 1. The monoisotopic (exact) mass is 383 g/mol. The van der Waals surface area contributed by atoms with E-state index in [-0.39, 0.29) is 17.2 Å². The Hall–Kier alpha value is -2.96. The van der Waals surface area contributed by atoms with E-state index >= 15 is 0 Å². The number of halogens is 1. The fourth-order valence-corrected chi connectivity index (χ4v) is 3.98. The van der Waals surface area contributed by atoms with Crippen molar-refractivity contribution in [1.82, 2.24) is 0 Å². The first-order valence-electron chi connectivity index (χ1n) is 7.56. The van der Waals surface area contributed by atoms with E-state index in [0.29, 0.717) is 15.5 Å². The Bertz CT molecular complexity index is 1110. The van der Waals surface area contributed by atoms with Crippen LogP contribution in [0, 0.1) is 0 Å². The third-order valence-electron chi connectivity index (χ3n) is 3.81. The Morgan fingerprint density at radius 1 is 1.15 bits per heavy atom. The van der Waals surface area contributed by atoms with Crippen molar-refractivity contribution in [1.29, 1.82) is 0 Å². The lowest BCUT2D eigenvalue weighted by molar-refractivity contribution is -0.129. The summed E-state index contributed by atoms with van der Waals surface area (Å²) < 4.78 is 6.26. The number of nitrogens with zero attached hydrogens (tertiary/aromatic N) is 1. The van der Waals surface area contributed by atoms with Gasteiger partial charge in [0, 0.05) is 10.1 Å². The first-order valence-corrected chi connectivity index (χ1v) is 8.76. The van der Waals surface area contributed by atoms with E-state index in [0.717, 1.165) is 10.1 Å². The van der Waals surface area contributed by atoms with Gasteiger partial charge in [0.2, 0.25) is 5.90 Å². The molecular formula is C19H10ClNO4S. The number of hydrogen-bond donors (Lipinski definition) is 1. The number of esters is 1. The summed E-state index contributed by atoms with van der Waals surface area (Å²) in [6.45, 7) is 0. The molecule has 0 saturated carbocycles. The molecule has 1 aromatic heterocycles. The van der Waals surface area contributed by atoms with Gasteiger partial charge in [-0.05, 0) is 29.8 Å². The summed E-state index contributed by atoms with van der Waals surface area (Å²) in [7, 11) is 0. The number of benzene rings is 2. The van der Waals surface area contributed by atoms with Crippen LogP contribution in [0.5, 0.6) is 0 Å². The first-order chi connectivity index (χ1) is 12.5. The van der Waals surface area contributed by atoms with Crippen molar-refractivity contribution < 1.29 is 19.4 Å². The number of ether oxygens (including phenoxy) is 1. The third kappa shape index (κ3) is 2.89. The highest BCUT2D eigenvalue weighted by Crippen LogP contribution is 2.37. The minimum absolute atomic E-state index is 0.136. The maximum Gasteiger partial charge on any atom is 0.363 e. The summed E-state index contributed by atoms with van der Waals surface area (Å²) in [5.41, 5.74) is 0.952. The van der Waals surface area contributed by atoms with E-state index in [9.17, 15) is 9.59 Å². The van der Waals surface area contributed by atoms with Crippen LogP contribution >= 0.6 is 22.9 Å². The maximum atomic E-state index is 12.1. The zero-order valence-electron chi connectivity index (χ0n) is 13.1. The molecule has 4 rings (SSSR count). The molecule has 1 N–H and O–H groups in total. The van der Waals surface area contributed by atoms with Crippen LogP contribution in [0.1, 0.15) is 20.8 Å². The summed E-state index contributed by atoms with van der Waals surface area (Å²) in [4.78, 5) is 27.9. The number of rotatable bonds is 3. The molecule has 3 aromatic rings. The summed E-state index contributed by atoms with van der Waals surface area (Å²) in [6, 6.07) is 13.8. The fraction of sp³-hybridized carbons (Fsp3) is 0. The Kier molecular flexibility index (Phi) is 4.06. The van der Waals surface area contributed by atoms with Crippen LogP contribution in [0.3, 0.4) is 0 Å². The minimum atomic E-state index is -1.01. The number of carbonyl (C=O) groups excluding carboxylic acids is 1. The molecule has 1 aliphatic rings. The molecule has 2 aromatic carbocycles. The standard InChI is InChI=1S/C19H10ClNO4S/c20-15-12-3-1-2-4-14(12)26-16(15)17-21-13(19(24)25-17)9-10-5-7-11(8-6-10)18(22)23/h1-9H,(H,22,23)/b13-9+. The molecular weight excluding hydrogens is 374 g/mol. The van der Waals surface area contributed by atoms with Gasteiger partial charge in [-0.1, -0.05) is 41.9 Å². The largest absolute Gasteiger partial charge is 0.478 e. The number of carboxylic acids is 1. The van der Waals surface area contributed by atoms with Gasteiger partial charge in [-0.3, -0.25) is 0 Å². The Morgan fingerprint density at radius 2 is 1.88 bits per heavy atom. The Morgan fingerprint density at radius 3 is 2.58 bits per heavy atom. The van der Waals surface area contributed by atoms with Crippen LogP contribution in [-0.4, -0.2) is 22.9 Å². The predicted molar refractivity (Wildman–Crippen MR) is 101 cm³/mol. The lowest BCUT2D eigenvalue weighted by atomic mass is 10.1. The number of cyclic esters (lactones) is 1. The number of fused-ring (bicyclic) bond motifs is 1. The lowest BCUT2D eigenvalue weighted by Crippen LogP contribution is -2.04. The Balaban J connectivity index is 1.70. The quantitative estimate of drug-likeness (QED) is 0.529. The number of aromatic carboxylic acids is 1. The average Bonchev–Trinajstić information content (AvgIpc) is 3.16. The van der Waals surface area contributed by atoms with E-state index in [1.807, 2.05) is 24.3 Å². The normalized spacial score (nSPS) is 15.3. The fourth-order valence-electron chi connectivity index (χ4n) is 2.54. The highest BCUT2D eigenvalue weighted by molar-refractivity contribution is 7.21. The molecule has 0 radical (unpaired) electrons. The molecule has 0 atom stereocenters. The first kappa shape index (κ1) is 16.5. The van der Waals surface area contributed by atoms with Crippen molar-refractivity contribution in [3.8, 4) is 0 Å². The van der Waals surface area contributed by atoms with Gasteiger partial charge in [0.25, 0.3) is 0 Å². The molecule has 0 bridgehead atoms. The van der Waals surface area contributed by atoms with E-state index < -0.39 is 11.9 Å². The second-order valence-corrected chi connectivity index (χ2v) is 6.93. The number of carbonyl (C=O) groups is 2. The SMILES string of the molecule is O=C1OC(c2sc3ccccc3c2Cl)=N/C1=C/c1ccc(C(=O)O)cc1. The van der Waals surface area contributed by atoms with Crippen molar-refractivity contribution in [2.24, 2.45) is 4.99 Å². The molecule has 1 aliphatic heterocycles. The summed E-state index contributed by atoms with van der Waals surface area (Å²) in [5.74, 6) is -1.41. The molecule has 0 fully saturated rings. The van der Waals surface area contributed by atoms with E-state index in [2.05, 4.69) is 4.99 Å². The Labute approximate surface area is 156 Å². The maximum absolute atomic E-state index is 12.1. The molecule has 0 aliphatic carbocycles. The van der Waals surface area contributed by atoms with Gasteiger partial charge in [0.15, 0.2) is 5.70 Å². The van der Waals surface area contributed by atoms with Crippen molar-refractivity contribution in [3.05, 3.63) is 75.3 Å². The summed E-state index contributed by atoms with van der Waals surface area (Å²) >= 11 is 7.81. The molecule has 128 valence electrons. The summed E-state index contributed by atoms with van der Waals surface area (Å²) in [5, 5.41) is 10.3. The molecule has 26 heavy (non-hydrogen) atoms. The molecule has 0 amide bonds. The zero-order chi connectivity index (χ0) is 18.3. The molecule has 0 spiro atoms. The van der Waals surface area contributed by atoms with Gasteiger partial charge in [-0.15, -0.1) is 11.3 Å². The van der Waals surface area contributed by atoms with Crippen LogP contribution in [0.2, 0.25) is 5.02 Å². The van der Waals surface area contributed by atoms with Crippen molar-refractivity contribution in [2.45, 2.75) is 0 Å². The van der Waals surface area contributed by atoms with Gasteiger partial charge in [-0.25, -0.2) is 14.6 Å². The van der Waals surface area contributed by atoms with E-state index in [1.165, 1.54) is 23.5 Å². The molecule has 0 saturated heterocycles. The van der Waals surface area contributed by atoms with E-state index in [1.54, 1.807) is 18.2 Å². The summed E-state index contributed by atoms with van der Waals surface area (Å²) in [6.07, 6.45) is 1.54. The van der Waals surface area contributed by atoms with Crippen LogP contribution in [0.15, 0.2) is 59.2 Å². The molecule has 7 heteroatoms. The molecule has 5 nitrogen and oxygen atoms in total. The van der Waals surface area contributed by atoms with Crippen molar-refractivity contribution in [2.75, 3.05) is 0 Å². The second-order valence-electron chi connectivity index (χ2n) is 5.50. The smallest absolute Gasteiger partial charge is 0.363 e. The van der Waals surface area contributed by atoms with Crippen molar-refractivity contribution in [3.63, 3.8) is 0 Å². The van der Waals surface area contributed by atoms with Crippen LogP contribution in [0.25, 0.3) is 16.2 Å². The predicted octanol–water partition coefficient (Wildman–Crippen LogP) is 4.60. The number of hydrogen-bond acceptors (Lipinski definition) is 5. The third-order valence-corrected chi connectivity index (χ3v) is 5.47. The lowest BCUT2D eigenvalue weighted by Gasteiger charge is -1.96. The van der Waals surface area contributed by atoms with E-state index in [4.69, 9.17) is 21.4 Å². The molecule has 0 unspecified atom stereocenters. The van der Waals surface area contributed by atoms with Crippen LogP contribution in [0.4, 0.5) is 0 Å². The highest BCUT2D eigenvalue weighted by atomic mass is 35.5. The van der Waals surface area contributed by atoms with Gasteiger partial charge >= 0.3 is 11.9 Å². The second kappa shape index (κ2) is 6.40. The zero-order valence-corrected chi connectivity index (χ0v) is 14.7. The average molecular weight is 384 g/mol. The minimum Gasteiger partial charge on any atom is -0.478 e. The van der Waals surface area contributed by atoms with Gasteiger partial charge in [0.1, 0.15) is 4.88 Å². The number of aliphatic imine (C=N–C) groups is 1. The van der Waals surface area contributed by atoms with Gasteiger partial charge in [-0.2, -0.15) is 0 Å². The van der Waals surface area contributed by atoms with Gasteiger partial charge in [0.05, 0.1) is 10.6 Å². The van der Waals surface area contributed by atoms with Gasteiger partial charge < -0.3 is 9.84 Å². The van der Waals surface area contributed by atoms with Crippen LogP contribution in [-0.2, 0) is 9.53 Å². The van der Waals surface area contributed by atoms with Crippen LogP contribution < -0.4 is 0 Å². The number of carboxylic acid groups (broad SMARTS) is 1. The van der Waals surface area contributed by atoms with Crippen molar-refractivity contribution >= 4 is 56.9 Å². The highest BCUT2D eigenvalue weighted by Gasteiger charge is 2.27. The molecule has 2 heterocycles.